The van der Waals surface area contributed by atoms with Crippen LogP contribution in [-0.2, 0) is 6.42 Å². The molecule has 96 valence electrons. The summed E-state index contributed by atoms with van der Waals surface area (Å²) in [6.07, 6.45) is -0.0595. The van der Waals surface area contributed by atoms with Gasteiger partial charge in [0.15, 0.2) is 0 Å². The maximum Gasteiger partial charge on any atom is 0.120 e. The molecule has 0 aliphatic carbocycles. The monoisotopic (exact) mass is 283 g/mol. The van der Waals surface area contributed by atoms with Crippen LogP contribution in [0.4, 0.5) is 0 Å². The van der Waals surface area contributed by atoms with E-state index < -0.39 is 6.10 Å². The van der Waals surface area contributed by atoms with Gasteiger partial charge in [-0.3, -0.25) is 0 Å². The Morgan fingerprint density at radius 2 is 2.33 bits per heavy atom. The van der Waals surface area contributed by atoms with E-state index in [9.17, 15) is 5.11 Å². The van der Waals surface area contributed by atoms with Crippen molar-refractivity contribution in [1.82, 2.24) is 4.98 Å². The molecule has 1 heterocycles. The van der Waals surface area contributed by atoms with Gasteiger partial charge in [-0.1, -0.05) is 17.7 Å². The molecule has 1 aromatic heterocycles. The third kappa shape index (κ3) is 3.98. The zero-order valence-corrected chi connectivity index (χ0v) is 11.5. The number of thiazole rings is 1. The van der Waals surface area contributed by atoms with Crippen LogP contribution in [0.1, 0.15) is 10.7 Å². The molecule has 0 amide bonds. The van der Waals surface area contributed by atoms with Crippen LogP contribution in [0.3, 0.4) is 0 Å². The molecule has 1 N–H and O–H groups in total. The van der Waals surface area contributed by atoms with Crippen molar-refractivity contribution in [3.8, 4) is 5.75 Å². The molecule has 0 saturated carbocycles. The highest BCUT2D eigenvalue weighted by atomic mass is 35.5. The first-order valence-corrected chi connectivity index (χ1v) is 6.86. The molecule has 0 spiro atoms. The Morgan fingerprint density at radius 3 is 3.00 bits per heavy atom. The van der Waals surface area contributed by atoms with E-state index in [0.29, 0.717) is 17.2 Å². The lowest BCUT2D eigenvalue weighted by atomic mass is 10.2. The van der Waals surface area contributed by atoms with Crippen LogP contribution in [0.15, 0.2) is 29.6 Å². The van der Waals surface area contributed by atoms with Crippen molar-refractivity contribution in [2.45, 2.75) is 19.4 Å². The second-order valence-corrected chi connectivity index (χ2v) is 5.48. The topological polar surface area (TPSA) is 42.4 Å². The van der Waals surface area contributed by atoms with Crippen LogP contribution >= 0.6 is 22.9 Å². The zero-order valence-electron chi connectivity index (χ0n) is 9.97. The molecule has 18 heavy (non-hydrogen) atoms. The van der Waals surface area contributed by atoms with Crippen molar-refractivity contribution in [1.29, 1.82) is 0 Å². The standard InChI is InChI=1S/C13H14ClNO2S/c1-9-15-11(8-18-9)6-12(16)7-17-13-4-2-3-10(14)5-13/h2-5,8,12,16H,6-7H2,1H3. The van der Waals surface area contributed by atoms with Crippen molar-refractivity contribution in [2.75, 3.05) is 6.61 Å². The third-order valence-electron chi connectivity index (χ3n) is 2.35. The van der Waals surface area contributed by atoms with Gasteiger partial charge in [-0.25, -0.2) is 4.98 Å². The van der Waals surface area contributed by atoms with E-state index in [0.717, 1.165) is 10.7 Å². The molecule has 2 aromatic rings. The van der Waals surface area contributed by atoms with E-state index in [1.807, 2.05) is 24.4 Å². The summed E-state index contributed by atoms with van der Waals surface area (Å²) in [6, 6.07) is 7.13. The molecule has 1 unspecified atom stereocenters. The maximum atomic E-state index is 9.85. The van der Waals surface area contributed by atoms with Gasteiger partial charge < -0.3 is 9.84 Å². The Kier molecular flexibility index (Phi) is 4.58. The quantitative estimate of drug-likeness (QED) is 0.917. The highest BCUT2D eigenvalue weighted by Crippen LogP contribution is 2.17. The molecular formula is C13H14ClNO2S. The summed E-state index contributed by atoms with van der Waals surface area (Å²) in [5.41, 5.74) is 0.902. The molecule has 3 nitrogen and oxygen atoms in total. The van der Waals surface area contributed by atoms with Gasteiger partial charge in [0, 0.05) is 16.8 Å². The molecular weight excluding hydrogens is 270 g/mol. The highest BCUT2D eigenvalue weighted by Gasteiger charge is 2.09. The molecule has 0 bridgehead atoms. The molecule has 2 rings (SSSR count). The van der Waals surface area contributed by atoms with Crippen LogP contribution in [0, 0.1) is 6.92 Å². The Labute approximate surface area is 115 Å². The maximum absolute atomic E-state index is 9.85. The number of rotatable bonds is 5. The first-order valence-electron chi connectivity index (χ1n) is 5.61. The lowest BCUT2D eigenvalue weighted by molar-refractivity contribution is 0.107. The summed E-state index contributed by atoms with van der Waals surface area (Å²) in [7, 11) is 0. The minimum atomic E-state index is -0.564. The fourth-order valence-electron chi connectivity index (χ4n) is 1.55. The number of aryl methyl sites for hydroxylation is 1. The third-order valence-corrected chi connectivity index (χ3v) is 3.41. The SMILES string of the molecule is Cc1nc(CC(O)COc2cccc(Cl)c2)cs1. The van der Waals surface area contributed by atoms with E-state index in [-0.39, 0.29) is 6.61 Å². The molecule has 0 saturated heterocycles. The first-order chi connectivity index (χ1) is 8.63. The Balaban J connectivity index is 1.83. The van der Waals surface area contributed by atoms with Crippen molar-refractivity contribution >= 4 is 22.9 Å². The number of aliphatic hydroxyl groups excluding tert-OH is 1. The molecule has 5 heteroatoms. The predicted octanol–water partition coefficient (Wildman–Crippen LogP) is 3.09. The van der Waals surface area contributed by atoms with Crippen LogP contribution in [0.2, 0.25) is 5.02 Å². The molecule has 1 aromatic carbocycles. The van der Waals surface area contributed by atoms with Crippen molar-refractivity contribution in [3.63, 3.8) is 0 Å². The second-order valence-electron chi connectivity index (χ2n) is 3.98. The van der Waals surface area contributed by atoms with E-state index in [2.05, 4.69) is 4.98 Å². The van der Waals surface area contributed by atoms with Gasteiger partial charge in [-0.2, -0.15) is 0 Å². The molecule has 0 aliphatic heterocycles. The van der Waals surface area contributed by atoms with Gasteiger partial charge in [0.25, 0.3) is 0 Å². The fraction of sp³-hybridized carbons (Fsp3) is 0.308. The average Bonchev–Trinajstić information content (AvgIpc) is 2.72. The van der Waals surface area contributed by atoms with E-state index >= 15 is 0 Å². The minimum Gasteiger partial charge on any atom is -0.491 e. The highest BCUT2D eigenvalue weighted by molar-refractivity contribution is 7.09. The van der Waals surface area contributed by atoms with Crippen LogP contribution < -0.4 is 4.74 Å². The van der Waals surface area contributed by atoms with Crippen molar-refractivity contribution in [2.24, 2.45) is 0 Å². The van der Waals surface area contributed by atoms with Gasteiger partial charge in [0.1, 0.15) is 12.4 Å². The van der Waals surface area contributed by atoms with Gasteiger partial charge >= 0.3 is 0 Å². The van der Waals surface area contributed by atoms with Gasteiger partial charge in [-0.05, 0) is 25.1 Å². The van der Waals surface area contributed by atoms with E-state index in [4.69, 9.17) is 16.3 Å². The first kappa shape index (κ1) is 13.3. The molecule has 1 atom stereocenters. The van der Waals surface area contributed by atoms with Crippen LogP contribution in [0.25, 0.3) is 0 Å². The van der Waals surface area contributed by atoms with Crippen LogP contribution in [-0.4, -0.2) is 22.8 Å². The normalized spacial score (nSPS) is 12.4. The lowest BCUT2D eigenvalue weighted by Gasteiger charge is -2.11. The van der Waals surface area contributed by atoms with Gasteiger partial charge in [0.05, 0.1) is 16.8 Å². The average molecular weight is 284 g/mol. The molecule has 0 aliphatic rings. The number of aromatic nitrogens is 1. The summed E-state index contributed by atoms with van der Waals surface area (Å²) in [6.45, 7) is 2.18. The lowest BCUT2D eigenvalue weighted by Crippen LogP contribution is -2.20. The minimum absolute atomic E-state index is 0.233. The number of aliphatic hydroxyl groups is 1. The zero-order chi connectivity index (χ0) is 13.0. The Hall–Kier alpha value is -1.10. The summed E-state index contributed by atoms with van der Waals surface area (Å²) in [4.78, 5) is 4.30. The smallest absolute Gasteiger partial charge is 0.120 e. The van der Waals surface area contributed by atoms with E-state index in [1.54, 1.807) is 23.5 Å². The summed E-state index contributed by atoms with van der Waals surface area (Å²) < 4.78 is 5.47. The fourth-order valence-corrected chi connectivity index (χ4v) is 2.36. The summed E-state index contributed by atoms with van der Waals surface area (Å²) >= 11 is 7.42. The summed E-state index contributed by atoms with van der Waals surface area (Å²) in [5, 5.41) is 13.4. The van der Waals surface area contributed by atoms with Gasteiger partial charge in [-0.15, -0.1) is 11.3 Å². The van der Waals surface area contributed by atoms with Crippen molar-refractivity contribution < 1.29 is 9.84 Å². The summed E-state index contributed by atoms with van der Waals surface area (Å²) in [5.74, 6) is 0.663. The number of benzene rings is 1. The molecule has 0 fully saturated rings. The predicted molar refractivity (Wildman–Crippen MR) is 73.5 cm³/mol. The van der Waals surface area contributed by atoms with Crippen LogP contribution in [0.5, 0.6) is 5.75 Å². The van der Waals surface area contributed by atoms with E-state index in [1.165, 1.54) is 0 Å². The van der Waals surface area contributed by atoms with Crippen molar-refractivity contribution in [3.05, 3.63) is 45.4 Å². The van der Waals surface area contributed by atoms with Gasteiger partial charge in [0.2, 0.25) is 0 Å². The number of hydrogen-bond acceptors (Lipinski definition) is 4. The number of ether oxygens (including phenoxy) is 1. The number of halogens is 1. The Morgan fingerprint density at radius 1 is 1.50 bits per heavy atom. The Bertz CT molecular complexity index is 515. The number of hydrogen-bond donors (Lipinski definition) is 1. The number of nitrogens with zero attached hydrogens (tertiary/aromatic N) is 1. The second kappa shape index (κ2) is 6.18. The molecule has 0 radical (unpaired) electrons. The largest absolute Gasteiger partial charge is 0.491 e.